The van der Waals surface area contributed by atoms with Gasteiger partial charge in [-0.1, -0.05) is 49.4 Å². The number of likely N-dealkylation sites (tertiary alicyclic amines) is 2. The van der Waals surface area contributed by atoms with Crippen molar-refractivity contribution in [3.8, 4) is 11.8 Å². The van der Waals surface area contributed by atoms with Crippen LogP contribution in [0, 0.1) is 17.1 Å². The summed E-state index contributed by atoms with van der Waals surface area (Å²) >= 11 is 0. The third-order valence-corrected chi connectivity index (χ3v) is 8.80. The van der Waals surface area contributed by atoms with E-state index < -0.39 is 0 Å². The predicted octanol–water partition coefficient (Wildman–Crippen LogP) is 6.07. The van der Waals surface area contributed by atoms with Gasteiger partial charge in [-0.05, 0) is 79.9 Å². The summed E-state index contributed by atoms with van der Waals surface area (Å²) in [5.41, 5.74) is 5.36. The lowest BCUT2D eigenvalue weighted by molar-refractivity contribution is 0.0782. The molecule has 6 rings (SSSR count). The van der Waals surface area contributed by atoms with Gasteiger partial charge in [0.25, 0.3) is 5.91 Å². The van der Waals surface area contributed by atoms with Crippen LogP contribution in [-0.4, -0.2) is 51.7 Å². The van der Waals surface area contributed by atoms with Gasteiger partial charge in [0.05, 0.1) is 34.8 Å². The number of rotatable bonds is 6. The maximum atomic E-state index is 14.1. The molecule has 2 saturated heterocycles. The van der Waals surface area contributed by atoms with Crippen molar-refractivity contribution >= 4 is 5.91 Å². The Hall–Kier alpha value is -4.28. The largest absolute Gasteiger partial charge is 0.338 e. The Labute approximate surface area is 240 Å². The van der Waals surface area contributed by atoms with E-state index in [1.807, 2.05) is 39.9 Å². The van der Waals surface area contributed by atoms with Crippen LogP contribution in [0.3, 0.4) is 0 Å². The Morgan fingerprint density at radius 2 is 1.71 bits per heavy atom. The highest BCUT2D eigenvalue weighted by Gasteiger charge is 2.39. The fourth-order valence-corrected chi connectivity index (χ4v) is 6.39. The van der Waals surface area contributed by atoms with E-state index in [4.69, 9.17) is 5.26 Å². The molecular formula is C34H34FN5O. The van der Waals surface area contributed by atoms with Crippen molar-refractivity contribution in [1.82, 2.24) is 19.6 Å². The van der Waals surface area contributed by atoms with Crippen LogP contribution in [-0.2, 0) is 12.0 Å². The zero-order valence-corrected chi connectivity index (χ0v) is 23.3. The second-order valence-electron chi connectivity index (χ2n) is 11.6. The topological polar surface area (TPSA) is 65.2 Å². The number of aromatic nitrogens is 2. The Kier molecular flexibility index (Phi) is 7.42. The van der Waals surface area contributed by atoms with Crippen LogP contribution in [0.4, 0.5) is 4.39 Å². The normalized spacial score (nSPS) is 19.8. The Morgan fingerprint density at radius 3 is 2.39 bits per heavy atom. The van der Waals surface area contributed by atoms with E-state index >= 15 is 0 Å². The van der Waals surface area contributed by atoms with Gasteiger partial charge in [0.1, 0.15) is 5.82 Å². The summed E-state index contributed by atoms with van der Waals surface area (Å²) in [6, 6.07) is 26.7. The van der Waals surface area contributed by atoms with Crippen molar-refractivity contribution in [2.24, 2.45) is 0 Å². The SMILES string of the molecule is C[C@]1(c2ccccc2)CCN(C(=O)c2cnn(-c3ccc(F)cc3)c2C2CCN(Cc3ccc(C#N)cc3)CC2)C1. The number of carbonyl (C=O) groups is 1. The number of nitriles is 1. The van der Waals surface area contributed by atoms with Crippen molar-refractivity contribution in [2.45, 2.75) is 44.1 Å². The minimum absolute atomic E-state index is 0.0213. The van der Waals surface area contributed by atoms with Crippen LogP contribution in [0.2, 0.25) is 0 Å². The van der Waals surface area contributed by atoms with Crippen molar-refractivity contribution in [3.05, 3.63) is 119 Å². The van der Waals surface area contributed by atoms with Gasteiger partial charge in [-0.15, -0.1) is 0 Å². The lowest BCUT2D eigenvalue weighted by atomic mass is 9.82. The zero-order chi connectivity index (χ0) is 28.4. The first kappa shape index (κ1) is 26.9. The molecule has 1 amide bonds. The molecule has 1 atom stereocenters. The monoisotopic (exact) mass is 547 g/mol. The van der Waals surface area contributed by atoms with Crippen LogP contribution in [0.5, 0.6) is 0 Å². The first-order chi connectivity index (χ1) is 19.9. The summed E-state index contributed by atoms with van der Waals surface area (Å²) in [7, 11) is 0. The molecule has 0 aliphatic carbocycles. The van der Waals surface area contributed by atoms with E-state index in [1.54, 1.807) is 18.3 Å². The second-order valence-corrected chi connectivity index (χ2v) is 11.6. The van der Waals surface area contributed by atoms with E-state index in [0.29, 0.717) is 24.2 Å². The summed E-state index contributed by atoms with van der Waals surface area (Å²) in [6.07, 6.45) is 4.41. The number of nitrogens with zero attached hydrogens (tertiary/aromatic N) is 5. The van der Waals surface area contributed by atoms with Crippen molar-refractivity contribution in [1.29, 1.82) is 5.26 Å². The number of halogens is 1. The molecule has 1 aromatic heterocycles. The number of hydrogen-bond acceptors (Lipinski definition) is 4. The van der Waals surface area contributed by atoms with Gasteiger partial charge in [0, 0.05) is 31.0 Å². The lowest BCUT2D eigenvalue weighted by Gasteiger charge is -2.33. The van der Waals surface area contributed by atoms with Gasteiger partial charge in [-0.25, -0.2) is 9.07 Å². The third-order valence-electron chi connectivity index (χ3n) is 8.80. The van der Waals surface area contributed by atoms with Gasteiger partial charge in [0.2, 0.25) is 0 Å². The molecule has 7 heteroatoms. The molecule has 0 saturated carbocycles. The van der Waals surface area contributed by atoms with Crippen molar-refractivity contribution in [2.75, 3.05) is 26.2 Å². The fourth-order valence-electron chi connectivity index (χ4n) is 6.39. The predicted molar refractivity (Wildman–Crippen MR) is 156 cm³/mol. The molecule has 0 bridgehead atoms. The average Bonchev–Trinajstić information content (AvgIpc) is 3.64. The highest BCUT2D eigenvalue weighted by Crippen LogP contribution is 2.37. The minimum Gasteiger partial charge on any atom is -0.338 e. The standard InChI is InChI=1S/C34H34FN5O/c1-34(28-5-3-2-4-6-28)17-20-39(24-34)33(41)31-22-37-40(30-13-11-29(35)12-14-30)32(31)27-15-18-38(19-16-27)23-26-9-7-25(21-36)8-10-26/h2-14,22,27H,15-20,23-24H2,1H3/t34-/m0/s1. The first-order valence-corrected chi connectivity index (χ1v) is 14.3. The van der Waals surface area contributed by atoms with E-state index in [2.05, 4.69) is 47.3 Å². The molecule has 3 aromatic carbocycles. The van der Waals surface area contributed by atoms with Gasteiger partial charge in [0.15, 0.2) is 0 Å². The van der Waals surface area contributed by atoms with Crippen LogP contribution in [0.15, 0.2) is 85.1 Å². The van der Waals surface area contributed by atoms with E-state index in [0.717, 1.165) is 50.3 Å². The van der Waals surface area contributed by atoms with Gasteiger partial charge < -0.3 is 4.90 Å². The number of piperidine rings is 1. The maximum absolute atomic E-state index is 14.1. The van der Waals surface area contributed by atoms with Crippen LogP contribution in [0.25, 0.3) is 5.69 Å². The highest BCUT2D eigenvalue weighted by atomic mass is 19.1. The molecule has 0 spiro atoms. The quantitative estimate of drug-likeness (QED) is 0.294. The smallest absolute Gasteiger partial charge is 0.257 e. The number of amides is 1. The highest BCUT2D eigenvalue weighted by molar-refractivity contribution is 5.96. The Balaban J connectivity index is 1.24. The Bertz CT molecular complexity index is 1550. The van der Waals surface area contributed by atoms with Crippen LogP contribution < -0.4 is 0 Å². The molecule has 0 radical (unpaired) electrons. The molecule has 2 aliphatic heterocycles. The fraction of sp³-hybridized carbons (Fsp3) is 0.324. The van der Waals surface area contributed by atoms with Crippen LogP contribution in [0.1, 0.15) is 64.8 Å². The third kappa shape index (κ3) is 5.53. The molecule has 3 heterocycles. The van der Waals surface area contributed by atoms with Crippen molar-refractivity contribution < 1.29 is 9.18 Å². The van der Waals surface area contributed by atoms with Gasteiger partial charge in [-0.3, -0.25) is 9.69 Å². The molecule has 6 nitrogen and oxygen atoms in total. The molecular weight excluding hydrogens is 513 g/mol. The Morgan fingerprint density at radius 1 is 1.00 bits per heavy atom. The van der Waals surface area contributed by atoms with Gasteiger partial charge in [-0.2, -0.15) is 10.4 Å². The van der Waals surface area contributed by atoms with E-state index in [1.165, 1.54) is 23.3 Å². The molecule has 2 fully saturated rings. The molecule has 2 aliphatic rings. The maximum Gasteiger partial charge on any atom is 0.257 e. The summed E-state index contributed by atoms with van der Waals surface area (Å²) in [5, 5.41) is 13.8. The number of carbonyl (C=O) groups excluding carboxylic acids is 1. The summed E-state index contributed by atoms with van der Waals surface area (Å²) < 4.78 is 15.6. The zero-order valence-electron chi connectivity index (χ0n) is 23.3. The number of benzene rings is 3. The molecule has 4 aromatic rings. The summed E-state index contributed by atoms with van der Waals surface area (Å²) in [6.45, 7) is 6.22. The second kappa shape index (κ2) is 11.3. The molecule has 208 valence electrons. The van der Waals surface area contributed by atoms with E-state index in [9.17, 15) is 9.18 Å². The lowest BCUT2D eigenvalue weighted by Crippen LogP contribution is -2.35. The minimum atomic E-state index is -0.299. The van der Waals surface area contributed by atoms with Gasteiger partial charge >= 0.3 is 0 Å². The number of hydrogen-bond donors (Lipinski definition) is 0. The summed E-state index contributed by atoms with van der Waals surface area (Å²) in [4.78, 5) is 18.5. The molecule has 0 unspecified atom stereocenters. The molecule has 41 heavy (non-hydrogen) atoms. The first-order valence-electron chi connectivity index (χ1n) is 14.3. The van der Waals surface area contributed by atoms with Crippen molar-refractivity contribution in [3.63, 3.8) is 0 Å². The molecule has 0 N–H and O–H groups in total. The van der Waals surface area contributed by atoms with E-state index in [-0.39, 0.29) is 23.1 Å². The average molecular weight is 548 g/mol. The summed E-state index contributed by atoms with van der Waals surface area (Å²) in [5.74, 6) is -0.123. The van der Waals surface area contributed by atoms with Crippen LogP contribution >= 0.6 is 0 Å².